The maximum atomic E-state index is 13.3. The van der Waals surface area contributed by atoms with Crippen molar-refractivity contribution in [3.05, 3.63) is 46.2 Å². The van der Waals surface area contributed by atoms with Crippen LogP contribution in [-0.2, 0) is 21.2 Å². The molecule has 0 atom stereocenters. The number of amides is 1. The minimum absolute atomic E-state index is 0.0585. The lowest BCUT2D eigenvalue weighted by molar-refractivity contribution is -0.120. The van der Waals surface area contributed by atoms with E-state index >= 15 is 0 Å². The minimum atomic E-state index is -3.67. The number of nitrogens with zero attached hydrogens (tertiary/aromatic N) is 3. The van der Waals surface area contributed by atoms with Crippen molar-refractivity contribution in [3.8, 4) is 10.7 Å². The standard InChI is InChI=1S/C23H28N4O4S2/c1-5-21-25-22(26-31-21)19-13-20(16(4)32-19)33(29,30)27-10-8-17(9-11-27)23(28)24-18-7-6-14(2)12-15(18)3/h6-7,12-13,17H,5,8-11H2,1-4H3,(H,24,28). The number of sulfonamides is 1. The van der Waals surface area contributed by atoms with Crippen molar-refractivity contribution >= 4 is 33.0 Å². The fraction of sp³-hybridized carbons (Fsp3) is 0.435. The highest BCUT2D eigenvalue weighted by atomic mass is 32.2. The molecule has 8 nitrogen and oxygen atoms in total. The summed E-state index contributed by atoms with van der Waals surface area (Å²) in [5.74, 6) is 0.643. The van der Waals surface area contributed by atoms with Crippen LogP contribution >= 0.6 is 11.3 Å². The molecular weight excluding hydrogens is 460 g/mol. The van der Waals surface area contributed by atoms with Crippen molar-refractivity contribution in [3.63, 3.8) is 0 Å². The van der Waals surface area contributed by atoms with E-state index in [-0.39, 0.29) is 16.7 Å². The molecule has 4 rings (SSSR count). The molecule has 1 aromatic carbocycles. The number of hydrogen-bond acceptors (Lipinski definition) is 7. The van der Waals surface area contributed by atoms with Crippen molar-refractivity contribution in [2.75, 3.05) is 18.4 Å². The zero-order valence-corrected chi connectivity index (χ0v) is 20.8. The highest BCUT2D eigenvalue weighted by Crippen LogP contribution is 2.35. The fourth-order valence-corrected chi connectivity index (χ4v) is 6.97. The first-order valence-corrected chi connectivity index (χ1v) is 13.3. The molecule has 0 aliphatic carbocycles. The van der Waals surface area contributed by atoms with Crippen LogP contribution in [0.4, 0.5) is 5.69 Å². The Kier molecular flexibility index (Phi) is 6.69. The number of aryl methyl sites for hydroxylation is 4. The maximum absolute atomic E-state index is 13.3. The average Bonchev–Trinajstić information content (AvgIpc) is 3.42. The van der Waals surface area contributed by atoms with Gasteiger partial charge in [-0.05, 0) is 51.3 Å². The van der Waals surface area contributed by atoms with Crippen LogP contribution in [0.1, 0.15) is 41.7 Å². The number of aromatic nitrogens is 2. The Hall–Kier alpha value is -2.56. The first kappa shape index (κ1) is 23.6. The van der Waals surface area contributed by atoms with E-state index in [1.165, 1.54) is 15.6 Å². The molecule has 176 valence electrons. The number of nitrogens with one attached hydrogen (secondary N) is 1. The molecule has 1 aliphatic rings. The molecule has 1 N–H and O–H groups in total. The average molecular weight is 489 g/mol. The Morgan fingerprint density at radius 2 is 1.94 bits per heavy atom. The van der Waals surface area contributed by atoms with Crippen LogP contribution in [0, 0.1) is 26.7 Å². The summed E-state index contributed by atoms with van der Waals surface area (Å²) in [5, 5.41) is 6.95. The number of thiophene rings is 1. The molecule has 0 saturated carbocycles. The van der Waals surface area contributed by atoms with E-state index in [2.05, 4.69) is 15.5 Å². The van der Waals surface area contributed by atoms with Gasteiger partial charge < -0.3 is 9.84 Å². The van der Waals surface area contributed by atoms with E-state index in [9.17, 15) is 13.2 Å². The number of piperidine rings is 1. The first-order valence-electron chi connectivity index (χ1n) is 11.0. The van der Waals surface area contributed by atoms with Crippen LogP contribution in [0.3, 0.4) is 0 Å². The second-order valence-electron chi connectivity index (χ2n) is 8.38. The topological polar surface area (TPSA) is 105 Å². The van der Waals surface area contributed by atoms with Gasteiger partial charge in [0.2, 0.25) is 27.6 Å². The summed E-state index contributed by atoms with van der Waals surface area (Å²) in [6, 6.07) is 7.53. The van der Waals surface area contributed by atoms with Crippen LogP contribution in [-0.4, -0.2) is 41.9 Å². The van der Waals surface area contributed by atoms with Gasteiger partial charge in [-0.25, -0.2) is 8.42 Å². The molecule has 1 saturated heterocycles. The molecule has 1 amide bonds. The third-order valence-corrected chi connectivity index (χ3v) is 9.15. The molecule has 3 heterocycles. The second-order valence-corrected chi connectivity index (χ2v) is 11.5. The van der Waals surface area contributed by atoms with E-state index in [0.717, 1.165) is 16.8 Å². The Bertz CT molecular complexity index is 1270. The molecular formula is C23H28N4O4S2. The zero-order chi connectivity index (χ0) is 23.8. The largest absolute Gasteiger partial charge is 0.339 e. The Labute approximate surface area is 198 Å². The number of hydrogen-bond donors (Lipinski definition) is 1. The highest BCUT2D eigenvalue weighted by Gasteiger charge is 2.34. The third kappa shape index (κ3) is 4.87. The van der Waals surface area contributed by atoms with Crippen molar-refractivity contribution in [2.45, 2.75) is 51.9 Å². The van der Waals surface area contributed by atoms with E-state index in [1.807, 2.05) is 39.0 Å². The minimum Gasteiger partial charge on any atom is -0.339 e. The number of anilines is 1. The molecule has 1 fully saturated rings. The van der Waals surface area contributed by atoms with E-state index < -0.39 is 10.0 Å². The van der Waals surface area contributed by atoms with Gasteiger partial charge in [-0.3, -0.25) is 4.79 Å². The molecule has 0 unspecified atom stereocenters. The lowest BCUT2D eigenvalue weighted by atomic mass is 9.97. The van der Waals surface area contributed by atoms with Crippen LogP contribution < -0.4 is 5.32 Å². The van der Waals surface area contributed by atoms with Gasteiger partial charge >= 0.3 is 0 Å². The van der Waals surface area contributed by atoms with Gasteiger partial charge in [0.15, 0.2) is 0 Å². The molecule has 0 spiro atoms. The lowest BCUT2D eigenvalue weighted by Gasteiger charge is -2.30. The van der Waals surface area contributed by atoms with Crippen LogP contribution in [0.5, 0.6) is 0 Å². The molecule has 0 radical (unpaired) electrons. The van der Waals surface area contributed by atoms with Crippen LogP contribution in [0.25, 0.3) is 10.7 Å². The quantitative estimate of drug-likeness (QED) is 0.554. The second kappa shape index (κ2) is 9.36. The summed E-state index contributed by atoms with van der Waals surface area (Å²) in [6.45, 7) is 8.29. The summed E-state index contributed by atoms with van der Waals surface area (Å²) in [7, 11) is -3.67. The highest BCUT2D eigenvalue weighted by molar-refractivity contribution is 7.89. The molecule has 33 heavy (non-hydrogen) atoms. The van der Waals surface area contributed by atoms with Gasteiger partial charge in [0.25, 0.3) is 0 Å². The summed E-state index contributed by atoms with van der Waals surface area (Å²) in [5.41, 5.74) is 2.95. The number of rotatable bonds is 6. The summed E-state index contributed by atoms with van der Waals surface area (Å²) in [6.07, 6.45) is 1.59. The summed E-state index contributed by atoms with van der Waals surface area (Å²) >= 11 is 1.34. The zero-order valence-electron chi connectivity index (χ0n) is 19.2. The van der Waals surface area contributed by atoms with Crippen molar-refractivity contribution in [1.29, 1.82) is 0 Å². The maximum Gasteiger partial charge on any atom is 0.244 e. The molecule has 0 bridgehead atoms. The van der Waals surface area contributed by atoms with Gasteiger partial charge in [0.1, 0.15) is 0 Å². The van der Waals surface area contributed by atoms with Gasteiger partial charge in [-0.15, -0.1) is 11.3 Å². The first-order chi connectivity index (χ1) is 15.7. The SMILES string of the molecule is CCc1nc(-c2cc(S(=O)(=O)N3CCC(C(=O)Nc4ccc(C)cc4C)CC3)c(C)s2)no1. The predicted molar refractivity (Wildman–Crippen MR) is 128 cm³/mol. The van der Waals surface area contributed by atoms with Crippen molar-refractivity contribution in [2.24, 2.45) is 5.92 Å². The van der Waals surface area contributed by atoms with Crippen LogP contribution in [0.15, 0.2) is 33.7 Å². The van der Waals surface area contributed by atoms with E-state index in [4.69, 9.17) is 4.52 Å². The van der Waals surface area contributed by atoms with Crippen molar-refractivity contribution in [1.82, 2.24) is 14.4 Å². The number of carbonyl (C=O) groups excluding carboxylic acids is 1. The van der Waals surface area contributed by atoms with Gasteiger partial charge in [-0.1, -0.05) is 29.8 Å². The Morgan fingerprint density at radius 1 is 1.21 bits per heavy atom. The molecule has 10 heteroatoms. The van der Waals surface area contributed by atoms with Gasteiger partial charge in [0, 0.05) is 36.0 Å². The number of benzene rings is 1. The van der Waals surface area contributed by atoms with E-state index in [1.54, 1.807) is 13.0 Å². The predicted octanol–water partition coefficient (Wildman–Crippen LogP) is 4.33. The fourth-order valence-electron chi connectivity index (χ4n) is 4.02. The summed E-state index contributed by atoms with van der Waals surface area (Å²) in [4.78, 5) is 18.7. The monoisotopic (exact) mass is 488 g/mol. The van der Waals surface area contributed by atoms with Crippen molar-refractivity contribution < 1.29 is 17.7 Å². The third-order valence-electron chi connectivity index (χ3n) is 5.95. The van der Waals surface area contributed by atoms with Crippen LogP contribution in [0.2, 0.25) is 0 Å². The molecule has 2 aromatic heterocycles. The normalized spacial score (nSPS) is 15.6. The van der Waals surface area contributed by atoms with Gasteiger partial charge in [-0.2, -0.15) is 9.29 Å². The Balaban J connectivity index is 1.43. The molecule has 1 aliphatic heterocycles. The Morgan fingerprint density at radius 3 is 2.58 bits per heavy atom. The van der Waals surface area contributed by atoms with Gasteiger partial charge in [0.05, 0.1) is 9.77 Å². The molecule has 3 aromatic rings. The number of carbonyl (C=O) groups is 1. The lowest BCUT2D eigenvalue weighted by Crippen LogP contribution is -2.41. The smallest absolute Gasteiger partial charge is 0.244 e. The summed E-state index contributed by atoms with van der Waals surface area (Å²) < 4.78 is 33.3. The van der Waals surface area contributed by atoms with E-state index in [0.29, 0.717) is 53.8 Å².